The van der Waals surface area contributed by atoms with Crippen molar-refractivity contribution in [2.24, 2.45) is 5.16 Å². The van der Waals surface area contributed by atoms with Crippen molar-refractivity contribution < 1.29 is 14.3 Å². The van der Waals surface area contributed by atoms with Gasteiger partial charge in [-0.15, -0.1) is 0 Å². The Morgan fingerprint density at radius 1 is 1.20 bits per heavy atom. The molecule has 0 radical (unpaired) electrons. The molecule has 0 unspecified atom stereocenters. The normalized spacial score (nSPS) is 11.4. The second-order valence-electron chi connectivity index (χ2n) is 4.32. The van der Waals surface area contributed by atoms with Gasteiger partial charge in [-0.25, -0.2) is 4.39 Å². The molecule has 0 saturated heterocycles. The third-order valence-corrected chi connectivity index (χ3v) is 2.94. The van der Waals surface area contributed by atoms with Gasteiger partial charge in [-0.1, -0.05) is 36.3 Å². The number of benzene rings is 2. The van der Waals surface area contributed by atoms with E-state index in [2.05, 4.69) is 5.16 Å². The van der Waals surface area contributed by atoms with Gasteiger partial charge in [0.1, 0.15) is 18.2 Å². The van der Waals surface area contributed by atoms with Crippen LogP contribution in [0, 0.1) is 5.82 Å². The molecule has 2 aromatic carbocycles. The van der Waals surface area contributed by atoms with Crippen LogP contribution in [0.2, 0.25) is 0 Å². The minimum absolute atomic E-state index is 0.261. The van der Waals surface area contributed by atoms with E-state index >= 15 is 0 Å². The van der Waals surface area contributed by atoms with Crippen molar-refractivity contribution in [3.63, 3.8) is 0 Å². The zero-order chi connectivity index (χ0) is 14.4. The van der Waals surface area contributed by atoms with E-state index in [0.29, 0.717) is 17.9 Å². The Morgan fingerprint density at radius 3 is 2.70 bits per heavy atom. The molecule has 2 rings (SSSR count). The van der Waals surface area contributed by atoms with Crippen LogP contribution in [0.25, 0.3) is 0 Å². The van der Waals surface area contributed by atoms with E-state index in [9.17, 15) is 4.39 Å². The summed E-state index contributed by atoms with van der Waals surface area (Å²) >= 11 is 0. The third kappa shape index (κ3) is 3.35. The maximum Gasteiger partial charge on any atom is 0.128 e. The van der Waals surface area contributed by atoms with E-state index in [1.54, 1.807) is 18.2 Å². The van der Waals surface area contributed by atoms with E-state index in [4.69, 9.17) is 9.94 Å². The molecule has 104 valence electrons. The van der Waals surface area contributed by atoms with Crippen molar-refractivity contribution >= 4 is 5.71 Å². The van der Waals surface area contributed by atoms with Crippen LogP contribution in [0.3, 0.4) is 0 Å². The highest BCUT2D eigenvalue weighted by Crippen LogP contribution is 2.21. The van der Waals surface area contributed by atoms with Gasteiger partial charge in [-0.3, -0.25) is 0 Å². The average molecular weight is 273 g/mol. The second kappa shape index (κ2) is 6.70. The first-order valence-corrected chi connectivity index (χ1v) is 6.42. The van der Waals surface area contributed by atoms with E-state index in [0.717, 1.165) is 11.1 Å². The van der Waals surface area contributed by atoms with Crippen LogP contribution in [0.4, 0.5) is 4.39 Å². The Morgan fingerprint density at radius 2 is 2.00 bits per heavy atom. The van der Waals surface area contributed by atoms with Crippen LogP contribution >= 0.6 is 0 Å². The number of rotatable bonds is 5. The number of nitrogens with zero attached hydrogens (tertiary/aromatic N) is 1. The summed E-state index contributed by atoms with van der Waals surface area (Å²) in [6, 6.07) is 13.6. The predicted octanol–water partition coefficient (Wildman–Crippen LogP) is 3.99. The molecule has 0 aromatic heterocycles. The predicted molar refractivity (Wildman–Crippen MR) is 75.8 cm³/mol. The molecule has 2 aromatic rings. The van der Waals surface area contributed by atoms with Gasteiger partial charge in [0.25, 0.3) is 0 Å². The number of oxime groups is 1. The first-order chi connectivity index (χ1) is 9.74. The van der Waals surface area contributed by atoms with Crippen molar-refractivity contribution in [3.05, 3.63) is 65.5 Å². The summed E-state index contributed by atoms with van der Waals surface area (Å²) in [5.74, 6) is 0.331. The van der Waals surface area contributed by atoms with Crippen LogP contribution in [0.15, 0.2) is 53.7 Å². The molecular weight excluding hydrogens is 257 g/mol. The quantitative estimate of drug-likeness (QED) is 0.508. The lowest BCUT2D eigenvalue weighted by Gasteiger charge is -2.11. The maximum absolute atomic E-state index is 13.1. The minimum Gasteiger partial charge on any atom is -0.488 e. The first kappa shape index (κ1) is 14.1. The molecule has 0 atom stereocenters. The highest BCUT2D eigenvalue weighted by Gasteiger charge is 2.09. The summed E-state index contributed by atoms with van der Waals surface area (Å²) in [7, 11) is 0. The summed E-state index contributed by atoms with van der Waals surface area (Å²) in [5.41, 5.74) is 2.05. The largest absolute Gasteiger partial charge is 0.488 e. The fourth-order valence-corrected chi connectivity index (χ4v) is 1.93. The van der Waals surface area contributed by atoms with Crippen molar-refractivity contribution in [1.29, 1.82) is 0 Å². The van der Waals surface area contributed by atoms with Crippen LogP contribution in [-0.2, 0) is 6.61 Å². The summed E-state index contributed by atoms with van der Waals surface area (Å²) in [6.45, 7) is 2.16. The molecule has 0 aliphatic carbocycles. The lowest BCUT2D eigenvalue weighted by atomic mass is 10.1. The smallest absolute Gasteiger partial charge is 0.128 e. The third-order valence-electron chi connectivity index (χ3n) is 2.94. The Kier molecular flexibility index (Phi) is 4.71. The zero-order valence-corrected chi connectivity index (χ0v) is 11.2. The average Bonchev–Trinajstić information content (AvgIpc) is 2.48. The molecule has 20 heavy (non-hydrogen) atoms. The number of halogens is 1. The SMILES string of the molecule is CC/C(=N\O)c1ccccc1OCc1cccc(F)c1. The Balaban J connectivity index is 2.18. The van der Waals surface area contributed by atoms with Crippen LogP contribution in [-0.4, -0.2) is 10.9 Å². The summed E-state index contributed by atoms with van der Waals surface area (Å²) in [5, 5.41) is 12.3. The topological polar surface area (TPSA) is 41.8 Å². The molecule has 0 aliphatic rings. The molecule has 0 amide bonds. The van der Waals surface area contributed by atoms with Crippen LogP contribution < -0.4 is 4.74 Å². The van der Waals surface area contributed by atoms with Gasteiger partial charge >= 0.3 is 0 Å². The van der Waals surface area contributed by atoms with Crippen molar-refractivity contribution in [2.45, 2.75) is 20.0 Å². The van der Waals surface area contributed by atoms with Gasteiger partial charge < -0.3 is 9.94 Å². The molecule has 1 N–H and O–H groups in total. The molecule has 0 aliphatic heterocycles. The number of hydrogen-bond donors (Lipinski definition) is 1. The van der Waals surface area contributed by atoms with Gasteiger partial charge in [0.2, 0.25) is 0 Å². The summed E-state index contributed by atoms with van der Waals surface area (Å²) in [4.78, 5) is 0. The minimum atomic E-state index is -0.287. The molecule has 4 heteroatoms. The highest BCUT2D eigenvalue weighted by molar-refractivity contribution is 6.02. The summed E-state index contributed by atoms with van der Waals surface area (Å²) in [6.07, 6.45) is 0.594. The van der Waals surface area contributed by atoms with Crippen LogP contribution in [0.1, 0.15) is 24.5 Å². The second-order valence-corrected chi connectivity index (χ2v) is 4.32. The fourth-order valence-electron chi connectivity index (χ4n) is 1.93. The molecule has 0 bridgehead atoms. The Bertz CT molecular complexity index is 611. The monoisotopic (exact) mass is 273 g/mol. The van der Waals surface area contributed by atoms with Crippen LogP contribution in [0.5, 0.6) is 5.75 Å². The summed E-state index contributed by atoms with van der Waals surface area (Å²) < 4.78 is 18.8. The van der Waals surface area contributed by atoms with Gasteiger partial charge in [-0.2, -0.15) is 0 Å². The molecular formula is C16H16FNO2. The highest BCUT2D eigenvalue weighted by atomic mass is 19.1. The van der Waals surface area contributed by atoms with E-state index in [1.165, 1.54) is 12.1 Å². The zero-order valence-electron chi connectivity index (χ0n) is 11.2. The molecule has 3 nitrogen and oxygen atoms in total. The van der Waals surface area contributed by atoms with E-state index < -0.39 is 0 Å². The maximum atomic E-state index is 13.1. The van der Waals surface area contributed by atoms with E-state index in [-0.39, 0.29) is 12.4 Å². The molecule has 0 saturated carbocycles. The van der Waals surface area contributed by atoms with E-state index in [1.807, 2.05) is 25.1 Å². The number of ether oxygens (including phenoxy) is 1. The van der Waals surface area contributed by atoms with Gasteiger partial charge in [0.05, 0.1) is 5.71 Å². The van der Waals surface area contributed by atoms with Crippen molar-refractivity contribution in [3.8, 4) is 5.75 Å². The number of hydrogen-bond acceptors (Lipinski definition) is 3. The standard InChI is InChI=1S/C16H16FNO2/c1-2-15(18-19)14-8-3-4-9-16(14)20-11-12-6-5-7-13(17)10-12/h3-10,19H,2,11H2,1H3/b18-15+. The first-order valence-electron chi connectivity index (χ1n) is 6.42. The fraction of sp³-hybridized carbons (Fsp3) is 0.188. The van der Waals surface area contributed by atoms with Crippen molar-refractivity contribution in [1.82, 2.24) is 0 Å². The molecule has 0 fully saturated rings. The molecule has 0 heterocycles. The van der Waals surface area contributed by atoms with Gasteiger partial charge in [-0.05, 0) is 36.2 Å². The lowest BCUT2D eigenvalue weighted by Crippen LogP contribution is -2.04. The molecule has 0 spiro atoms. The Labute approximate surface area is 117 Å². The number of para-hydroxylation sites is 1. The Hall–Kier alpha value is -2.36. The van der Waals surface area contributed by atoms with Gasteiger partial charge in [0, 0.05) is 5.56 Å². The lowest BCUT2D eigenvalue weighted by molar-refractivity contribution is 0.302. The van der Waals surface area contributed by atoms with Gasteiger partial charge in [0.15, 0.2) is 0 Å². The van der Waals surface area contributed by atoms with Crippen molar-refractivity contribution in [2.75, 3.05) is 0 Å².